The summed E-state index contributed by atoms with van der Waals surface area (Å²) in [6.07, 6.45) is 0.493. The van der Waals surface area contributed by atoms with Gasteiger partial charge in [-0.15, -0.1) is 0 Å². The maximum Gasteiger partial charge on any atom is 0.261 e. The molecule has 0 aliphatic carbocycles. The van der Waals surface area contributed by atoms with E-state index in [-0.39, 0.29) is 5.56 Å². The molecule has 0 bridgehead atoms. The van der Waals surface area contributed by atoms with Crippen LogP contribution in [0.5, 0.6) is 0 Å². The summed E-state index contributed by atoms with van der Waals surface area (Å²) in [7, 11) is 0. The molecule has 0 spiro atoms. The minimum absolute atomic E-state index is 0.336. The van der Waals surface area contributed by atoms with Gasteiger partial charge in [-0.1, -0.05) is 19.1 Å². The number of hydrogen-bond donors (Lipinski definition) is 0. The number of aliphatic carboxylic acids is 1. The lowest BCUT2D eigenvalue weighted by atomic mass is 10.2. The van der Waals surface area contributed by atoms with Crippen molar-refractivity contribution in [3.05, 3.63) is 40.4 Å². The Labute approximate surface area is 97.3 Å². The van der Waals surface area contributed by atoms with Crippen molar-refractivity contribution >= 4 is 16.9 Å². The van der Waals surface area contributed by atoms with Gasteiger partial charge in [0.25, 0.3) is 5.56 Å². The van der Waals surface area contributed by atoms with Crippen molar-refractivity contribution in [2.45, 2.75) is 19.9 Å². The van der Waals surface area contributed by atoms with E-state index in [0.29, 0.717) is 23.1 Å². The molecule has 0 aliphatic heterocycles. The van der Waals surface area contributed by atoms with Crippen molar-refractivity contribution in [3.8, 4) is 0 Å². The quantitative estimate of drug-likeness (QED) is 0.727. The van der Waals surface area contributed by atoms with Crippen LogP contribution in [0.3, 0.4) is 0 Å². The van der Waals surface area contributed by atoms with E-state index < -0.39 is 12.5 Å². The summed E-state index contributed by atoms with van der Waals surface area (Å²) < 4.78 is 1.15. The lowest BCUT2D eigenvalue weighted by Gasteiger charge is -2.12. The standard InChI is InChI=1S/C12H12N2O3/c1-2-10-13-9-6-4-3-5-8(9)12(17)14(10)7-11(15)16/h3-6H,2,7H2,1H3,(H,15,16)/p-1. The number of hydrogen-bond acceptors (Lipinski definition) is 4. The zero-order valence-electron chi connectivity index (χ0n) is 9.34. The van der Waals surface area contributed by atoms with Gasteiger partial charge >= 0.3 is 0 Å². The highest BCUT2D eigenvalue weighted by Gasteiger charge is 2.08. The lowest BCUT2D eigenvalue weighted by Crippen LogP contribution is -2.35. The van der Waals surface area contributed by atoms with E-state index in [9.17, 15) is 14.7 Å². The lowest BCUT2D eigenvalue weighted by molar-refractivity contribution is -0.306. The van der Waals surface area contributed by atoms with Gasteiger partial charge in [-0.2, -0.15) is 0 Å². The minimum Gasteiger partial charge on any atom is -0.548 e. The van der Waals surface area contributed by atoms with Crippen LogP contribution in [-0.4, -0.2) is 15.5 Å². The predicted octanol–water partition coefficient (Wildman–Crippen LogP) is -0.291. The van der Waals surface area contributed by atoms with Gasteiger partial charge in [-0.3, -0.25) is 9.36 Å². The largest absolute Gasteiger partial charge is 0.548 e. The number of para-hydroxylation sites is 1. The zero-order valence-corrected chi connectivity index (χ0v) is 9.34. The average Bonchev–Trinajstić information content (AvgIpc) is 2.32. The number of carbonyl (C=O) groups is 1. The fourth-order valence-corrected chi connectivity index (χ4v) is 1.78. The molecule has 5 nitrogen and oxygen atoms in total. The Morgan fingerprint density at radius 2 is 2.12 bits per heavy atom. The molecule has 17 heavy (non-hydrogen) atoms. The fourth-order valence-electron chi connectivity index (χ4n) is 1.78. The van der Waals surface area contributed by atoms with Gasteiger partial charge in [-0.25, -0.2) is 4.98 Å². The number of aromatic nitrogens is 2. The van der Waals surface area contributed by atoms with E-state index in [1.807, 2.05) is 6.92 Å². The third-order valence-electron chi connectivity index (χ3n) is 2.54. The van der Waals surface area contributed by atoms with Crippen LogP contribution >= 0.6 is 0 Å². The second-order valence-corrected chi connectivity index (χ2v) is 3.66. The molecule has 0 amide bonds. The van der Waals surface area contributed by atoms with Gasteiger partial charge in [0.15, 0.2) is 0 Å². The molecule has 5 heteroatoms. The summed E-state index contributed by atoms with van der Waals surface area (Å²) in [6.45, 7) is 1.36. The van der Waals surface area contributed by atoms with Crippen molar-refractivity contribution in [3.63, 3.8) is 0 Å². The van der Waals surface area contributed by atoms with Crippen LogP contribution in [0, 0.1) is 0 Å². The van der Waals surface area contributed by atoms with Gasteiger partial charge in [-0.05, 0) is 12.1 Å². The van der Waals surface area contributed by atoms with Crippen LogP contribution in [0.2, 0.25) is 0 Å². The summed E-state index contributed by atoms with van der Waals surface area (Å²) in [5.41, 5.74) is 0.251. The van der Waals surface area contributed by atoms with E-state index in [1.54, 1.807) is 24.3 Å². The monoisotopic (exact) mass is 231 g/mol. The highest BCUT2D eigenvalue weighted by Crippen LogP contribution is 2.08. The Bertz CT molecular complexity index is 631. The highest BCUT2D eigenvalue weighted by molar-refractivity contribution is 5.77. The van der Waals surface area contributed by atoms with Crippen molar-refractivity contribution in [1.82, 2.24) is 9.55 Å². The van der Waals surface area contributed by atoms with Crippen molar-refractivity contribution < 1.29 is 9.90 Å². The molecule has 0 fully saturated rings. The van der Waals surface area contributed by atoms with Gasteiger partial charge in [0, 0.05) is 6.42 Å². The molecule has 2 rings (SSSR count). The molecule has 0 N–H and O–H groups in total. The molecule has 1 aromatic carbocycles. The highest BCUT2D eigenvalue weighted by atomic mass is 16.4. The zero-order chi connectivity index (χ0) is 12.4. The molecule has 0 saturated carbocycles. The van der Waals surface area contributed by atoms with E-state index in [4.69, 9.17) is 0 Å². The second kappa shape index (κ2) is 4.37. The van der Waals surface area contributed by atoms with E-state index in [1.165, 1.54) is 0 Å². The first-order chi connectivity index (χ1) is 8.13. The van der Waals surface area contributed by atoms with Gasteiger partial charge in [0.2, 0.25) is 0 Å². The fraction of sp³-hybridized carbons (Fsp3) is 0.250. The van der Waals surface area contributed by atoms with E-state index in [0.717, 1.165) is 4.57 Å². The molecule has 0 radical (unpaired) electrons. The normalized spacial score (nSPS) is 10.6. The topological polar surface area (TPSA) is 75.0 Å². The Kier molecular flexibility index (Phi) is 2.91. The predicted molar refractivity (Wildman–Crippen MR) is 60.4 cm³/mol. The number of aryl methyl sites for hydroxylation is 1. The van der Waals surface area contributed by atoms with Crippen LogP contribution in [-0.2, 0) is 17.8 Å². The molecular formula is C12H11N2O3-. The maximum atomic E-state index is 12.1. The maximum absolute atomic E-state index is 12.1. The SMILES string of the molecule is CCc1nc2ccccc2c(=O)n1CC(=O)[O-]. The number of benzene rings is 1. The average molecular weight is 231 g/mol. The van der Waals surface area contributed by atoms with Crippen LogP contribution in [0.1, 0.15) is 12.7 Å². The first kappa shape index (κ1) is 11.3. The van der Waals surface area contributed by atoms with Crippen LogP contribution in [0.15, 0.2) is 29.1 Å². The number of nitrogens with zero attached hydrogens (tertiary/aromatic N) is 2. The molecule has 1 heterocycles. The third-order valence-corrected chi connectivity index (χ3v) is 2.54. The number of rotatable bonds is 3. The van der Waals surface area contributed by atoms with Crippen molar-refractivity contribution in [2.24, 2.45) is 0 Å². The summed E-state index contributed by atoms with van der Waals surface area (Å²) >= 11 is 0. The summed E-state index contributed by atoms with van der Waals surface area (Å²) in [5, 5.41) is 11.0. The van der Waals surface area contributed by atoms with Crippen molar-refractivity contribution in [2.75, 3.05) is 0 Å². The number of fused-ring (bicyclic) bond motifs is 1. The smallest absolute Gasteiger partial charge is 0.261 e. The molecular weight excluding hydrogens is 220 g/mol. The number of carboxylic acid groups (broad SMARTS) is 1. The van der Waals surface area contributed by atoms with Gasteiger partial charge < -0.3 is 9.90 Å². The first-order valence-electron chi connectivity index (χ1n) is 5.31. The summed E-state index contributed by atoms with van der Waals surface area (Å²) in [6, 6.07) is 6.88. The molecule has 0 atom stereocenters. The van der Waals surface area contributed by atoms with Crippen LogP contribution in [0.25, 0.3) is 10.9 Å². The van der Waals surface area contributed by atoms with Gasteiger partial charge in [0.1, 0.15) is 5.82 Å². The van der Waals surface area contributed by atoms with Crippen LogP contribution < -0.4 is 10.7 Å². The van der Waals surface area contributed by atoms with Gasteiger partial charge in [0.05, 0.1) is 23.4 Å². The van der Waals surface area contributed by atoms with Crippen molar-refractivity contribution in [1.29, 1.82) is 0 Å². The third kappa shape index (κ3) is 2.04. The van der Waals surface area contributed by atoms with E-state index in [2.05, 4.69) is 4.98 Å². The number of carboxylic acids is 1. The Morgan fingerprint density at radius 1 is 1.41 bits per heavy atom. The summed E-state index contributed by atoms with van der Waals surface area (Å²) in [5.74, 6) is -0.836. The summed E-state index contributed by atoms with van der Waals surface area (Å²) in [4.78, 5) is 27.0. The minimum atomic E-state index is -1.29. The van der Waals surface area contributed by atoms with E-state index >= 15 is 0 Å². The Morgan fingerprint density at radius 3 is 2.76 bits per heavy atom. The molecule has 2 aromatic rings. The molecule has 1 aromatic heterocycles. The molecule has 0 aliphatic rings. The second-order valence-electron chi connectivity index (χ2n) is 3.66. The molecule has 0 saturated heterocycles. The molecule has 0 unspecified atom stereocenters. The Balaban J connectivity index is 2.76. The number of carbonyl (C=O) groups excluding carboxylic acids is 1. The first-order valence-corrected chi connectivity index (χ1v) is 5.31. The molecule has 88 valence electrons. The van der Waals surface area contributed by atoms with Crippen LogP contribution in [0.4, 0.5) is 0 Å². The Hall–Kier alpha value is -2.17.